The summed E-state index contributed by atoms with van der Waals surface area (Å²) in [5.74, 6) is 0.165. The van der Waals surface area contributed by atoms with Gasteiger partial charge in [-0.3, -0.25) is 4.90 Å². The summed E-state index contributed by atoms with van der Waals surface area (Å²) in [6, 6.07) is 6.70. The normalized spacial score (nSPS) is 13.1. The lowest BCUT2D eigenvalue weighted by molar-refractivity contribution is -0.0498. The SMILES string of the molecule is CCN(C)C(CN)c1ccc(OC(F)F)cc1. The lowest BCUT2D eigenvalue weighted by atomic mass is 10.1. The van der Waals surface area contributed by atoms with Crippen molar-refractivity contribution >= 4 is 0 Å². The van der Waals surface area contributed by atoms with Crippen molar-refractivity contribution in [2.75, 3.05) is 20.1 Å². The van der Waals surface area contributed by atoms with Crippen molar-refractivity contribution in [3.63, 3.8) is 0 Å². The summed E-state index contributed by atoms with van der Waals surface area (Å²) in [6.07, 6.45) is 0. The van der Waals surface area contributed by atoms with Gasteiger partial charge in [-0.2, -0.15) is 8.78 Å². The molecular formula is C12H18F2N2O. The van der Waals surface area contributed by atoms with Crippen LogP contribution in [-0.2, 0) is 0 Å². The molecule has 0 heterocycles. The minimum Gasteiger partial charge on any atom is -0.435 e. The Labute approximate surface area is 100 Å². The van der Waals surface area contributed by atoms with Crippen LogP contribution >= 0.6 is 0 Å². The van der Waals surface area contributed by atoms with Gasteiger partial charge in [0.1, 0.15) is 5.75 Å². The minimum absolute atomic E-state index is 0.0978. The molecule has 0 amide bonds. The zero-order chi connectivity index (χ0) is 12.8. The Hall–Kier alpha value is -1.20. The number of ether oxygens (including phenoxy) is 1. The molecule has 0 radical (unpaired) electrons. The first-order valence-corrected chi connectivity index (χ1v) is 5.53. The van der Waals surface area contributed by atoms with Crippen LogP contribution in [0.3, 0.4) is 0 Å². The predicted octanol–water partition coefficient (Wildman–Crippen LogP) is 2.24. The summed E-state index contributed by atoms with van der Waals surface area (Å²) in [5, 5.41) is 0. The number of alkyl halides is 2. The van der Waals surface area contributed by atoms with Crippen molar-refractivity contribution in [1.29, 1.82) is 0 Å². The molecule has 1 unspecified atom stereocenters. The highest BCUT2D eigenvalue weighted by molar-refractivity contribution is 5.29. The van der Waals surface area contributed by atoms with Crippen LogP contribution in [0.25, 0.3) is 0 Å². The van der Waals surface area contributed by atoms with Gasteiger partial charge in [-0.25, -0.2) is 0 Å². The monoisotopic (exact) mass is 244 g/mol. The first-order valence-electron chi connectivity index (χ1n) is 5.53. The van der Waals surface area contributed by atoms with Crippen LogP contribution in [0.15, 0.2) is 24.3 Å². The molecule has 0 aliphatic rings. The second-order valence-corrected chi connectivity index (χ2v) is 3.77. The molecule has 0 aromatic heterocycles. The van der Waals surface area contributed by atoms with Crippen LogP contribution in [-0.4, -0.2) is 31.6 Å². The Bertz CT molecular complexity index is 330. The van der Waals surface area contributed by atoms with Crippen LogP contribution in [0.5, 0.6) is 5.75 Å². The number of rotatable bonds is 6. The molecule has 5 heteroatoms. The molecule has 2 N–H and O–H groups in total. The number of hydrogen-bond acceptors (Lipinski definition) is 3. The smallest absolute Gasteiger partial charge is 0.387 e. The van der Waals surface area contributed by atoms with E-state index >= 15 is 0 Å². The van der Waals surface area contributed by atoms with Gasteiger partial charge in [0.25, 0.3) is 0 Å². The first-order chi connectivity index (χ1) is 8.08. The highest BCUT2D eigenvalue weighted by atomic mass is 19.3. The highest BCUT2D eigenvalue weighted by Gasteiger charge is 2.14. The van der Waals surface area contributed by atoms with Crippen molar-refractivity contribution in [2.24, 2.45) is 5.73 Å². The maximum Gasteiger partial charge on any atom is 0.387 e. The molecule has 1 aromatic carbocycles. The van der Waals surface area contributed by atoms with Crippen molar-refractivity contribution < 1.29 is 13.5 Å². The Morgan fingerprint density at radius 1 is 1.29 bits per heavy atom. The van der Waals surface area contributed by atoms with E-state index in [1.54, 1.807) is 12.1 Å². The van der Waals surface area contributed by atoms with Crippen LogP contribution in [0.4, 0.5) is 8.78 Å². The van der Waals surface area contributed by atoms with Gasteiger partial charge in [0.05, 0.1) is 0 Å². The highest BCUT2D eigenvalue weighted by Crippen LogP contribution is 2.22. The predicted molar refractivity (Wildman–Crippen MR) is 63.2 cm³/mol. The van der Waals surface area contributed by atoms with Gasteiger partial charge in [-0.15, -0.1) is 0 Å². The molecule has 0 spiro atoms. The van der Waals surface area contributed by atoms with Gasteiger partial charge >= 0.3 is 6.61 Å². The average Bonchev–Trinajstić information content (AvgIpc) is 2.31. The summed E-state index contributed by atoms with van der Waals surface area (Å²) >= 11 is 0. The fourth-order valence-electron chi connectivity index (χ4n) is 1.66. The number of nitrogens with two attached hydrogens (primary N) is 1. The van der Waals surface area contributed by atoms with E-state index in [2.05, 4.69) is 9.64 Å². The Kier molecular flexibility index (Phi) is 5.31. The van der Waals surface area contributed by atoms with Crippen LogP contribution in [0.1, 0.15) is 18.5 Å². The first kappa shape index (κ1) is 13.9. The lowest BCUT2D eigenvalue weighted by Crippen LogP contribution is -2.30. The molecule has 0 saturated carbocycles. The molecule has 0 aliphatic heterocycles. The number of nitrogens with zero attached hydrogens (tertiary/aromatic N) is 1. The largest absolute Gasteiger partial charge is 0.435 e. The molecule has 1 atom stereocenters. The fourth-order valence-corrected chi connectivity index (χ4v) is 1.66. The average molecular weight is 244 g/mol. The third-order valence-corrected chi connectivity index (χ3v) is 2.74. The minimum atomic E-state index is -2.79. The quantitative estimate of drug-likeness (QED) is 0.834. The molecule has 1 rings (SSSR count). The summed E-state index contributed by atoms with van der Waals surface area (Å²) < 4.78 is 28.2. The molecule has 3 nitrogen and oxygen atoms in total. The molecule has 0 saturated heterocycles. The summed E-state index contributed by atoms with van der Waals surface area (Å²) in [4.78, 5) is 2.10. The van der Waals surface area contributed by atoms with Gasteiger partial charge in [0.2, 0.25) is 0 Å². The van der Waals surface area contributed by atoms with E-state index in [0.717, 1.165) is 12.1 Å². The van der Waals surface area contributed by atoms with E-state index < -0.39 is 6.61 Å². The maximum atomic E-state index is 12.0. The maximum absolute atomic E-state index is 12.0. The van der Waals surface area contributed by atoms with E-state index in [4.69, 9.17) is 5.73 Å². The molecule has 0 bridgehead atoms. The van der Waals surface area contributed by atoms with Gasteiger partial charge in [0.15, 0.2) is 0 Å². The van der Waals surface area contributed by atoms with E-state index in [0.29, 0.717) is 6.54 Å². The standard InChI is InChI=1S/C12H18F2N2O/c1-3-16(2)11(8-15)9-4-6-10(7-5-9)17-12(13)14/h4-7,11-12H,3,8,15H2,1-2H3. The molecule has 96 valence electrons. The third-order valence-electron chi connectivity index (χ3n) is 2.74. The topological polar surface area (TPSA) is 38.5 Å². The fraction of sp³-hybridized carbons (Fsp3) is 0.500. The zero-order valence-corrected chi connectivity index (χ0v) is 10.1. The molecule has 17 heavy (non-hydrogen) atoms. The molecule has 0 fully saturated rings. The van der Waals surface area contributed by atoms with Gasteiger partial charge < -0.3 is 10.5 Å². The van der Waals surface area contributed by atoms with E-state index in [1.165, 1.54) is 12.1 Å². The second kappa shape index (κ2) is 6.51. The van der Waals surface area contributed by atoms with Crippen LogP contribution in [0, 0.1) is 0 Å². The van der Waals surface area contributed by atoms with Crippen molar-refractivity contribution in [3.05, 3.63) is 29.8 Å². The summed E-state index contributed by atoms with van der Waals surface area (Å²) in [6.45, 7) is 0.609. The number of benzene rings is 1. The Morgan fingerprint density at radius 2 is 1.88 bits per heavy atom. The van der Waals surface area contributed by atoms with E-state index in [1.807, 2.05) is 14.0 Å². The van der Waals surface area contributed by atoms with E-state index in [-0.39, 0.29) is 11.8 Å². The van der Waals surface area contributed by atoms with Crippen molar-refractivity contribution in [3.8, 4) is 5.75 Å². The molecule has 1 aromatic rings. The molecule has 0 aliphatic carbocycles. The van der Waals surface area contributed by atoms with Crippen molar-refractivity contribution in [2.45, 2.75) is 19.6 Å². The number of hydrogen-bond donors (Lipinski definition) is 1. The Balaban J connectivity index is 2.77. The molecular weight excluding hydrogens is 226 g/mol. The van der Waals surface area contributed by atoms with Gasteiger partial charge in [-0.05, 0) is 31.3 Å². The van der Waals surface area contributed by atoms with Crippen LogP contribution in [0.2, 0.25) is 0 Å². The summed E-state index contributed by atoms with van der Waals surface area (Å²) in [7, 11) is 1.97. The van der Waals surface area contributed by atoms with Crippen molar-refractivity contribution in [1.82, 2.24) is 4.90 Å². The second-order valence-electron chi connectivity index (χ2n) is 3.77. The van der Waals surface area contributed by atoms with E-state index in [9.17, 15) is 8.78 Å². The number of halogens is 2. The third kappa shape index (κ3) is 3.94. The van der Waals surface area contributed by atoms with Gasteiger partial charge in [-0.1, -0.05) is 19.1 Å². The number of likely N-dealkylation sites (N-methyl/N-ethyl adjacent to an activating group) is 1. The Morgan fingerprint density at radius 3 is 2.29 bits per heavy atom. The summed E-state index contributed by atoms with van der Waals surface area (Å²) in [5.41, 5.74) is 6.71. The lowest BCUT2D eigenvalue weighted by Gasteiger charge is -2.26. The van der Waals surface area contributed by atoms with Gasteiger partial charge in [0, 0.05) is 12.6 Å². The zero-order valence-electron chi connectivity index (χ0n) is 10.1. The van der Waals surface area contributed by atoms with Crippen LogP contribution < -0.4 is 10.5 Å².